The van der Waals surface area contributed by atoms with Crippen molar-refractivity contribution in [2.45, 2.75) is 70.3 Å². The van der Waals surface area contributed by atoms with Crippen LogP contribution in [-0.2, 0) is 19.1 Å². The van der Waals surface area contributed by atoms with E-state index in [4.69, 9.17) is 4.74 Å². The molecule has 2 saturated heterocycles. The zero-order chi connectivity index (χ0) is 26.3. The number of fused-ring (bicyclic) bond motifs is 7. The lowest BCUT2D eigenvalue weighted by atomic mass is 9.76. The molecule has 8 heteroatoms. The standard InChI is InChI=1S/C29H38N2O6/c1-3-16-13-18-14-17-7-4-5-9-22(34)30-12-6-8-19-26(35)25(29(36)31-19)20(32)10-11-21(33)27-28(37-27)24(17)23(18)15(16)2/h4-5,7,9-11,15-19,21,23-24,27-28,32-33H,3,6,8,12-14H2,1-2H3,(H,30,34)(H,31,36)/b7-4+,9-5+,11-10+,25-20+/t15-,16-,17+,18+,19?,21-,23+,24+,27+,28+/m0/s1. The highest BCUT2D eigenvalue weighted by Gasteiger charge is 2.60. The SMILES string of the molecule is CC[C@H]1C[C@@H]2C[C@H]3/C=C/C=C/C(=O)NCCCC4NC(=O)/C(=C(O)\C=C\[C@H](O)[C@H]5O[C@@H]5[C@H]3[C@@H]2[C@H]1C)C4=O. The molecule has 0 spiro atoms. The van der Waals surface area contributed by atoms with Crippen LogP contribution in [0.5, 0.6) is 0 Å². The number of allylic oxidation sites excluding steroid dienone is 4. The average Bonchev–Trinajstić information content (AvgIpc) is 3.38. The van der Waals surface area contributed by atoms with Gasteiger partial charge in [-0.3, -0.25) is 14.4 Å². The number of Topliss-reactive ketones (excluding diaryl/α,β-unsaturated/α-hetero) is 1. The first-order valence-corrected chi connectivity index (χ1v) is 13.7. The van der Waals surface area contributed by atoms with Crippen LogP contribution in [0, 0.1) is 35.5 Å². The van der Waals surface area contributed by atoms with Crippen LogP contribution >= 0.6 is 0 Å². The minimum absolute atomic E-state index is 0.101. The normalized spacial score (nSPS) is 46.7. The van der Waals surface area contributed by atoms with Crippen LogP contribution in [0.15, 0.2) is 47.8 Å². The summed E-state index contributed by atoms with van der Waals surface area (Å²) in [5, 5.41) is 26.8. The first-order chi connectivity index (χ1) is 17.8. The molecule has 5 rings (SSSR count). The summed E-state index contributed by atoms with van der Waals surface area (Å²) in [6.45, 7) is 4.97. The average molecular weight is 511 g/mol. The zero-order valence-corrected chi connectivity index (χ0v) is 21.5. The molecular weight excluding hydrogens is 472 g/mol. The molecule has 0 aromatic rings. The van der Waals surface area contributed by atoms with Gasteiger partial charge in [0.1, 0.15) is 23.5 Å². The molecule has 2 saturated carbocycles. The Hall–Kier alpha value is -2.71. The van der Waals surface area contributed by atoms with Gasteiger partial charge in [0.2, 0.25) is 5.91 Å². The fourth-order valence-corrected chi connectivity index (χ4v) is 7.48. The lowest BCUT2D eigenvalue weighted by Crippen LogP contribution is -2.30. The summed E-state index contributed by atoms with van der Waals surface area (Å²) in [6.07, 6.45) is 12.9. The smallest absolute Gasteiger partial charge is 0.259 e. The van der Waals surface area contributed by atoms with Crippen LogP contribution in [0.4, 0.5) is 0 Å². The van der Waals surface area contributed by atoms with E-state index < -0.39 is 35.7 Å². The van der Waals surface area contributed by atoms with Gasteiger partial charge in [-0.15, -0.1) is 0 Å². The molecule has 3 heterocycles. The van der Waals surface area contributed by atoms with Gasteiger partial charge in [-0.05, 0) is 73.3 Å². The van der Waals surface area contributed by atoms with Gasteiger partial charge in [0.05, 0.1) is 12.1 Å². The second-order valence-electron chi connectivity index (χ2n) is 11.3. The molecule has 4 N–H and O–H groups in total. The third-order valence-corrected chi connectivity index (χ3v) is 9.30. The lowest BCUT2D eigenvalue weighted by Gasteiger charge is -2.27. The summed E-state index contributed by atoms with van der Waals surface area (Å²) in [5.41, 5.74) is -0.294. The number of rotatable bonds is 1. The van der Waals surface area contributed by atoms with Crippen molar-refractivity contribution < 1.29 is 29.3 Å². The van der Waals surface area contributed by atoms with Gasteiger partial charge >= 0.3 is 0 Å². The molecule has 1 unspecified atom stereocenters. The van der Waals surface area contributed by atoms with Crippen molar-refractivity contribution in [1.29, 1.82) is 0 Å². The van der Waals surface area contributed by atoms with Gasteiger partial charge in [-0.2, -0.15) is 0 Å². The number of epoxide rings is 1. The molecule has 5 aliphatic rings. The summed E-state index contributed by atoms with van der Waals surface area (Å²) in [4.78, 5) is 37.3. The Bertz CT molecular complexity index is 1060. The second kappa shape index (κ2) is 10.6. The van der Waals surface area contributed by atoms with Gasteiger partial charge in [0.25, 0.3) is 5.91 Å². The molecule has 0 aromatic carbocycles. The summed E-state index contributed by atoms with van der Waals surface area (Å²) in [5.74, 6) is 1.22. The van der Waals surface area contributed by atoms with Gasteiger partial charge in [-0.25, -0.2) is 0 Å². The van der Waals surface area contributed by atoms with Gasteiger partial charge in [0, 0.05) is 12.6 Å². The maximum absolute atomic E-state index is 12.7. The van der Waals surface area contributed by atoms with E-state index in [2.05, 4.69) is 30.6 Å². The van der Waals surface area contributed by atoms with E-state index in [0.29, 0.717) is 49.0 Å². The molecule has 8 nitrogen and oxygen atoms in total. The molecule has 2 amide bonds. The molecule has 200 valence electrons. The fourth-order valence-electron chi connectivity index (χ4n) is 7.48. The largest absolute Gasteiger partial charge is 0.507 e. The monoisotopic (exact) mass is 510 g/mol. The number of ether oxygens (including phenoxy) is 1. The number of aliphatic hydroxyl groups is 2. The van der Waals surface area contributed by atoms with Gasteiger partial charge in [-0.1, -0.05) is 38.5 Å². The highest BCUT2D eigenvalue weighted by atomic mass is 16.6. The Morgan fingerprint density at radius 1 is 1.05 bits per heavy atom. The highest BCUT2D eigenvalue weighted by Crippen LogP contribution is 2.60. The number of amides is 2. The Labute approximate surface area is 217 Å². The van der Waals surface area contributed by atoms with E-state index in [0.717, 1.165) is 6.42 Å². The zero-order valence-electron chi connectivity index (χ0n) is 21.5. The number of hydrogen-bond acceptors (Lipinski definition) is 6. The van der Waals surface area contributed by atoms with E-state index in [9.17, 15) is 24.6 Å². The molecule has 37 heavy (non-hydrogen) atoms. The molecule has 2 aliphatic carbocycles. The van der Waals surface area contributed by atoms with Crippen LogP contribution in [0.25, 0.3) is 0 Å². The summed E-state index contributed by atoms with van der Waals surface area (Å²) in [6, 6.07) is -0.743. The Kier molecular flexibility index (Phi) is 7.41. The van der Waals surface area contributed by atoms with Crippen LogP contribution < -0.4 is 10.6 Å². The fraction of sp³-hybridized carbons (Fsp3) is 0.621. The van der Waals surface area contributed by atoms with Crippen LogP contribution in [-0.4, -0.2) is 58.7 Å². The molecule has 3 aliphatic heterocycles. The topological polar surface area (TPSA) is 128 Å². The van der Waals surface area contributed by atoms with Crippen LogP contribution in [0.3, 0.4) is 0 Å². The van der Waals surface area contributed by atoms with Crippen molar-refractivity contribution >= 4 is 17.6 Å². The van der Waals surface area contributed by atoms with Crippen molar-refractivity contribution in [3.8, 4) is 0 Å². The van der Waals surface area contributed by atoms with Gasteiger partial charge < -0.3 is 25.6 Å². The van der Waals surface area contributed by atoms with Crippen molar-refractivity contribution in [2.24, 2.45) is 35.5 Å². The predicted molar refractivity (Wildman–Crippen MR) is 137 cm³/mol. The molecule has 0 aromatic heterocycles. The van der Waals surface area contributed by atoms with Crippen molar-refractivity contribution in [2.75, 3.05) is 6.54 Å². The number of ketones is 1. The Balaban J connectivity index is 1.40. The Morgan fingerprint density at radius 3 is 2.65 bits per heavy atom. The third kappa shape index (κ3) is 5.06. The van der Waals surface area contributed by atoms with E-state index >= 15 is 0 Å². The molecule has 0 radical (unpaired) electrons. The van der Waals surface area contributed by atoms with E-state index in [-0.39, 0.29) is 23.5 Å². The second-order valence-corrected chi connectivity index (χ2v) is 11.3. The van der Waals surface area contributed by atoms with Gasteiger partial charge in [0.15, 0.2) is 5.78 Å². The molecular formula is C29H38N2O6. The number of hydrogen-bond donors (Lipinski definition) is 4. The van der Waals surface area contributed by atoms with Crippen LogP contribution in [0.2, 0.25) is 0 Å². The minimum Gasteiger partial charge on any atom is -0.507 e. The Morgan fingerprint density at radius 2 is 1.86 bits per heavy atom. The number of nitrogens with one attached hydrogen (secondary N) is 2. The third-order valence-electron chi connectivity index (χ3n) is 9.30. The summed E-state index contributed by atoms with van der Waals surface area (Å²) >= 11 is 0. The first kappa shape index (κ1) is 25.9. The van der Waals surface area contributed by atoms with Crippen LogP contribution in [0.1, 0.15) is 46.0 Å². The predicted octanol–water partition coefficient (Wildman–Crippen LogP) is 2.51. The van der Waals surface area contributed by atoms with E-state index in [1.54, 1.807) is 6.08 Å². The minimum atomic E-state index is -0.959. The number of aliphatic hydroxyl groups excluding tert-OH is 2. The summed E-state index contributed by atoms with van der Waals surface area (Å²) in [7, 11) is 0. The summed E-state index contributed by atoms with van der Waals surface area (Å²) < 4.78 is 6.06. The lowest BCUT2D eigenvalue weighted by molar-refractivity contribution is -0.118. The van der Waals surface area contributed by atoms with Crippen molar-refractivity contribution in [3.05, 3.63) is 47.8 Å². The van der Waals surface area contributed by atoms with E-state index in [1.807, 2.05) is 6.08 Å². The quantitative estimate of drug-likeness (QED) is 0.317. The highest BCUT2D eigenvalue weighted by molar-refractivity contribution is 6.27. The molecule has 4 fully saturated rings. The van der Waals surface area contributed by atoms with Crippen molar-refractivity contribution in [1.82, 2.24) is 10.6 Å². The van der Waals surface area contributed by atoms with Crippen molar-refractivity contribution in [3.63, 3.8) is 0 Å². The maximum atomic E-state index is 12.7. The number of carbonyl (C=O) groups excluding carboxylic acids is 3. The first-order valence-electron chi connectivity index (χ1n) is 13.7. The molecule has 2 bridgehead atoms. The van der Waals surface area contributed by atoms with E-state index in [1.165, 1.54) is 31.1 Å². The number of carbonyl (C=O) groups is 3. The molecule has 10 atom stereocenters. The maximum Gasteiger partial charge on any atom is 0.259 e.